The van der Waals surface area contributed by atoms with Crippen LogP contribution in [0.1, 0.15) is 31.5 Å². The molecule has 0 aliphatic heterocycles. The average Bonchev–Trinajstić information content (AvgIpc) is 3.16. The molecule has 0 saturated heterocycles. The number of rotatable bonds is 6. The van der Waals surface area contributed by atoms with Gasteiger partial charge in [-0.3, -0.25) is 9.67 Å². The highest BCUT2D eigenvalue weighted by Gasteiger charge is 2.19. The summed E-state index contributed by atoms with van der Waals surface area (Å²) in [6.07, 6.45) is 7.03. The number of aromatic nitrogens is 3. The first-order chi connectivity index (χ1) is 10.6. The number of hydrogen-bond acceptors (Lipinski definition) is 4. The monoisotopic (exact) mass is 435 g/mol. The van der Waals surface area contributed by atoms with E-state index in [1.54, 1.807) is 11.0 Å². The quantitative estimate of drug-likeness (QED) is 0.415. The molecule has 1 fully saturated rings. The van der Waals surface area contributed by atoms with Gasteiger partial charge in [-0.05, 0) is 19.9 Å². The lowest BCUT2D eigenvalue weighted by atomic mass is 10.2. The fourth-order valence-electron chi connectivity index (χ4n) is 3.01. The molecule has 0 aromatic carbocycles. The Bertz CT molecular complexity index is 482. The average molecular weight is 435 g/mol. The molecule has 0 unspecified atom stereocenters. The van der Waals surface area contributed by atoms with Gasteiger partial charge in [-0.25, -0.2) is 4.98 Å². The Hall–Kier alpha value is -0.900. The molecule has 0 atom stereocenters. The first kappa shape index (κ1) is 20.1. The van der Waals surface area contributed by atoms with Gasteiger partial charge in [0.05, 0.1) is 6.54 Å². The highest BCUT2D eigenvalue weighted by molar-refractivity contribution is 14.0. The molecule has 0 bridgehead atoms. The predicted octanol–water partition coefficient (Wildman–Crippen LogP) is 1.31. The van der Waals surface area contributed by atoms with E-state index in [1.807, 2.05) is 21.1 Å². The van der Waals surface area contributed by atoms with E-state index in [0.29, 0.717) is 6.54 Å². The number of guanidine groups is 1. The van der Waals surface area contributed by atoms with E-state index in [2.05, 4.69) is 37.2 Å². The second-order valence-electron chi connectivity index (χ2n) is 6.05. The van der Waals surface area contributed by atoms with Crippen molar-refractivity contribution in [3.63, 3.8) is 0 Å². The zero-order valence-electron chi connectivity index (χ0n) is 14.7. The van der Waals surface area contributed by atoms with Crippen molar-refractivity contribution in [2.45, 2.75) is 38.3 Å². The molecule has 1 N–H and O–H groups in total. The van der Waals surface area contributed by atoms with Crippen LogP contribution >= 0.6 is 24.0 Å². The molecule has 1 heterocycles. The maximum Gasteiger partial charge on any atom is 0.193 e. The van der Waals surface area contributed by atoms with Crippen LogP contribution in [0.25, 0.3) is 0 Å². The molecule has 7 nitrogen and oxygen atoms in total. The van der Waals surface area contributed by atoms with Crippen LogP contribution in [0.15, 0.2) is 11.3 Å². The number of halogens is 1. The Labute approximate surface area is 156 Å². The van der Waals surface area contributed by atoms with Gasteiger partial charge in [0.15, 0.2) is 5.96 Å². The summed E-state index contributed by atoms with van der Waals surface area (Å²) in [5.74, 6) is 1.82. The van der Waals surface area contributed by atoms with Crippen molar-refractivity contribution in [1.82, 2.24) is 29.9 Å². The van der Waals surface area contributed by atoms with Crippen molar-refractivity contribution in [1.29, 1.82) is 0 Å². The van der Waals surface area contributed by atoms with Crippen molar-refractivity contribution < 1.29 is 0 Å². The summed E-state index contributed by atoms with van der Waals surface area (Å²) in [5, 5.41) is 7.53. The summed E-state index contributed by atoms with van der Waals surface area (Å²) in [4.78, 5) is 13.1. The number of nitrogens with one attached hydrogen (secondary N) is 1. The molecule has 1 aromatic rings. The maximum absolute atomic E-state index is 4.35. The van der Waals surface area contributed by atoms with Crippen LogP contribution in [0.4, 0.5) is 0 Å². The Morgan fingerprint density at radius 3 is 2.65 bits per heavy atom. The summed E-state index contributed by atoms with van der Waals surface area (Å²) in [7, 11) is 7.97. The molecule has 8 heteroatoms. The first-order valence-electron chi connectivity index (χ1n) is 8.06. The number of hydrogen-bond donors (Lipinski definition) is 1. The molecular weight excluding hydrogens is 405 g/mol. The van der Waals surface area contributed by atoms with Gasteiger partial charge >= 0.3 is 0 Å². The fourth-order valence-corrected chi connectivity index (χ4v) is 3.01. The second-order valence-corrected chi connectivity index (χ2v) is 6.05. The molecule has 2 rings (SSSR count). The molecule has 1 aliphatic rings. The predicted molar refractivity (Wildman–Crippen MR) is 104 cm³/mol. The van der Waals surface area contributed by atoms with Crippen molar-refractivity contribution >= 4 is 29.9 Å². The first-order valence-corrected chi connectivity index (χ1v) is 8.06. The largest absolute Gasteiger partial charge is 0.355 e. The molecule has 0 radical (unpaired) electrons. The third kappa shape index (κ3) is 5.91. The van der Waals surface area contributed by atoms with E-state index in [0.717, 1.165) is 30.9 Å². The van der Waals surface area contributed by atoms with E-state index in [-0.39, 0.29) is 24.0 Å². The van der Waals surface area contributed by atoms with E-state index in [4.69, 9.17) is 0 Å². The van der Waals surface area contributed by atoms with Gasteiger partial charge in [0.2, 0.25) is 0 Å². The topological polar surface area (TPSA) is 61.6 Å². The van der Waals surface area contributed by atoms with Crippen molar-refractivity contribution in [3.8, 4) is 0 Å². The zero-order chi connectivity index (χ0) is 15.9. The van der Waals surface area contributed by atoms with Crippen LogP contribution in [0, 0.1) is 0 Å². The molecule has 1 aromatic heterocycles. The van der Waals surface area contributed by atoms with E-state index in [1.165, 1.54) is 25.7 Å². The lowest BCUT2D eigenvalue weighted by molar-refractivity contribution is 0.248. The van der Waals surface area contributed by atoms with Gasteiger partial charge in [0, 0.05) is 40.3 Å². The van der Waals surface area contributed by atoms with Crippen LogP contribution in [-0.4, -0.2) is 70.8 Å². The third-order valence-electron chi connectivity index (χ3n) is 4.45. The van der Waals surface area contributed by atoms with Crippen LogP contribution in [0.5, 0.6) is 0 Å². The summed E-state index contributed by atoms with van der Waals surface area (Å²) in [5.41, 5.74) is 0. The van der Waals surface area contributed by atoms with Gasteiger partial charge in [-0.1, -0.05) is 12.8 Å². The Kier molecular flexibility index (Phi) is 8.82. The highest BCUT2D eigenvalue weighted by atomic mass is 127. The number of aryl methyl sites for hydroxylation is 1. The van der Waals surface area contributed by atoms with Gasteiger partial charge in [0.1, 0.15) is 12.2 Å². The van der Waals surface area contributed by atoms with E-state index >= 15 is 0 Å². The number of likely N-dealkylation sites (N-methyl/N-ethyl adjacent to an activating group) is 1. The van der Waals surface area contributed by atoms with Crippen molar-refractivity contribution in [2.75, 3.05) is 34.2 Å². The Morgan fingerprint density at radius 2 is 2.09 bits per heavy atom. The lowest BCUT2D eigenvalue weighted by Gasteiger charge is -2.26. The number of nitrogens with zero attached hydrogens (tertiary/aromatic N) is 6. The van der Waals surface area contributed by atoms with Gasteiger partial charge in [0.25, 0.3) is 0 Å². The third-order valence-corrected chi connectivity index (χ3v) is 4.45. The van der Waals surface area contributed by atoms with E-state index < -0.39 is 0 Å². The summed E-state index contributed by atoms with van der Waals surface area (Å²) in [6, 6.07) is 0.764. The Morgan fingerprint density at radius 1 is 1.39 bits per heavy atom. The van der Waals surface area contributed by atoms with Gasteiger partial charge in [-0.15, -0.1) is 24.0 Å². The molecule has 1 saturated carbocycles. The maximum atomic E-state index is 4.35. The molecule has 1 aliphatic carbocycles. The van der Waals surface area contributed by atoms with Crippen LogP contribution in [0.2, 0.25) is 0 Å². The lowest BCUT2D eigenvalue weighted by Crippen LogP contribution is -2.43. The Balaban J connectivity index is 0.00000264. The van der Waals surface area contributed by atoms with Crippen molar-refractivity contribution in [2.24, 2.45) is 12.0 Å². The van der Waals surface area contributed by atoms with Crippen LogP contribution in [-0.2, 0) is 13.6 Å². The summed E-state index contributed by atoms with van der Waals surface area (Å²) >= 11 is 0. The standard InChI is InChI=1S/C15H29N7.HI/c1-16-15(21(3)11-14-18-12-19-22(14)4)17-9-10-20(2)13-7-5-6-8-13;/h12-13H,5-11H2,1-4H3,(H,16,17);1H. The molecule has 132 valence electrons. The van der Waals surface area contributed by atoms with Gasteiger partial charge < -0.3 is 15.1 Å². The number of aliphatic imine (C=N–C) groups is 1. The highest BCUT2D eigenvalue weighted by Crippen LogP contribution is 2.21. The molecule has 23 heavy (non-hydrogen) atoms. The normalized spacial score (nSPS) is 15.8. The van der Waals surface area contributed by atoms with E-state index in [9.17, 15) is 0 Å². The smallest absolute Gasteiger partial charge is 0.193 e. The minimum absolute atomic E-state index is 0. The molecule has 0 spiro atoms. The SMILES string of the molecule is CN=C(NCCN(C)C1CCCC1)N(C)Cc1ncnn1C.I. The summed E-state index contributed by atoms with van der Waals surface area (Å²) in [6.45, 7) is 2.64. The van der Waals surface area contributed by atoms with Crippen LogP contribution < -0.4 is 5.32 Å². The molecule has 0 amide bonds. The molecular formula is C15H30IN7. The minimum atomic E-state index is 0. The van der Waals surface area contributed by atoms with Crippen LogP contribution in [0.3, 0.4) is 0 Å². The minimum Gasteiger partial charge on any atom is -0.355 e. The second kappa shape index (κ2) is 10.1. The van der Waals surface area contributed by atoms with Crippen molar-refractivity contribution in [3.05, 3.63) is 12.2 Å². The fraction of sp³-hybridized carbons (Fsp3) is 0.800. The summed E-state index contributed by atoms with van der Waals surface area (Å²) < 4.78 is 1.79. The zero-order valence-corrected chi connectivity index (χ0v) is 17.0. The van der Waals surface area contributed by atoms with Gasteiger partial charge in [-0.2, -0.15) is 5.10 Å².